The molecule has 0 amide bonds. The molecule has 0 saturated carbocycles. The van der Waals surface area contributed by atoms with Crippen LogP contribution in [0, 0.1) is 11.6 Å². The van der Waals surface area contributed by atoms with Gasteiger partial charge in [-0.05, 0) is 24.3 Å². The summed E-state index contributed by atoms with van der Waals surface area (Å²) in [6, 6.07) is 5.98. The molecule has 2 aromatic rings. The third kappa shape index (κ3) is 2.31. The molecule has 0 aliphatic carbocycles. The molecule has 0 fully saturated rings. The largest absolute Gasteiger partial charge is 0.287 e. The van der Waals surface area contributed by atoms with Crippen LogP contribution in [0.1, 0.15) is 16.1 Å². The van der Waals surface area contributed by atoms with Crippen molar-refractivity contribution in [1.82, 2.24) is 4.98 Å². The maximum Gasteiger partial charge on any atom is 0.217 e. The molecule has 0 saturated heterocycles. The molecule has 17 heavy (non-hydrogen) atoms. The summed E-state index contributed by atoms with van der Waals surface area (Å²) in [6.07, 6.45) is 1.24. The number of hydrogen-bond donors (Lipinski definition) is 0. The number of aromatic nitrogens is 1. The summed E-state index contributed by atoms with van der Waals surface area (Å²) in [5.41, 5.74) is -0.666. The quantitative estimate of drug-likeness (QED) is 0.769. The number of carbonyl (C=O) groups is 1. The van der Waals surface area contributed by atoms with Crippen molar-refractivity contribution in [2.75, 3.05) is 0 Å². The Morgan fingerprint density at radius 3 is 2.29 bits per heavy atom. The highest BCUT2D eigenvalue weighted by atomic mass is 35.5. The van der Waals surface area contributed by atoms with Crippen LogP contribution in [-0.2, 0) is 0 Å². The molecule has 1 aromatic carbocycles. The first-order valence-electron chi connectivity index (χ1n) is 4.70. The van der Waals surface area contributed by atoms with Crippen LogP contribution < -0.4 is 0 Å². The van der Waals surface area contributed by atoms with Gasteiger partial charge in [-0.2, -0.15) is 0 Å². The second kappa shape index (κ2) is 4.59. The van der Waals surface area contributed by atoms with Crippen LogP contribution in [0.2, 0.25) is 5.02 Å². The van der Waals surface area contributed by atoms with E-state index in [1.54, 1.807) is 0 Å². The molecule has 2 rings (SSSR count). The predicted octanol–water partition coefficient (Wildman–Crippen LogP) is 3.24. The number of benzene rings is 1. The Morgan fingerprint density at radius 2 is 1.76 bits per heavy atom. The molecule has 5 heteroatoms. The minimum Gasteiger partial charge on any atom is -0.287 e. The molecular formula is C12H6ClF2NO. The molecule has 0 aliphatic rings. The molecule has 0 bridgehead atoms. The summed E-state index contributed by atoms with van der Waals surface area (Å²) in [5, 5.41) is 0.343. The highest BCUT2D eigenvalue weighted by Crippen LogP contribution is 2.17. The zero-order chi connectivity index (χ0) is 12.4. The fraction of sp³-hybridized carbons (Fsp3) is 0. The first-order chi connectivity index (χ1) is 8.09. The number of hydrogen-bond acceptors (Lipinski definition) is 2. The summed E-state index contributed by atoms with van der Waals surface area (Å²) in [6.45, 7) is 0. The van der Waals surface area contributed by atoms with Gasteiger partial charge in [0.25, 0.3) is 0 Å². The third-order valence-corrected chi connectivity index (χ3v) is 2.37. The second-order valence-corrected chi connectivity index (χ2v) is 3.72. The van der Waals surface area contributed by atoms with Crippen molar-refractivity contribution < 1.29 is 13.6 Å². The minimum atomic E-state index is -0.910. The Balaban J connectivity index is 2.47. The summed E-state index contributed by atoms with van der Waals surface area (Å²) < 4.78 is 26.7. The van der Waals surface area contributed by atoms with E-state index in [9.17, 15) is 13.6 Å². The molecule has 86 valence electrons. The fourth-order valence-electron chi connectivity index (χ4n) is 1.35. The van der Waals surface area contributed by atoms with E-state index in [4.69, 9.17) is 11.6 Å². The van der Waals surface area contributed by atoms with E-state index < -0.39 is 23.0 Å². The summed E-state index contributed by atoms with van der Waals surface area (Å²) in [5.74, 6) is -2.63. The SMILES string of the molecule is O=C(c1ccc(Cl)cn1)c1c(F)cccc1F. The Morgan fingerprint density at radius 1 is 1.12 bits per heavy atom. The molecule has 0 radical (unpaired) electrons. The van der Waals surface area contributed by atoms with E-state index in [2.05, 4.69) is 4.98 Å². The van der Waals surface area contributed by atoms with Gasteiger partial charge in [-0.3, -0.25) is 9.78 Å². The van der Waals surface area contributed by atoms with Crippen molar-refractivity contribution >= 4 is 17.4 Å². The predicted molar refractivity (Wildman–Crippen MR) is 59.0 cm³/mol. The van der Waals surface area contributed by atoms with E-state index in [1.165, 1.54) is 24.4 Å². The lowest BCUT2D eigenvalue weighted by Gasteiger charge is -2.03. The summed E-state index contributed by atoms with van der Waals surface area (Å²) in [4.78, 5) is 15.5. The zero-order valence-electron chi connectivity index (χ0n) is 8.45. The maximum atomic E-state index is 13.4. The Bertz CT molecular complexity index is 549. The van der Waals surface area contributed by atoms with Crippen molar-refractivity contribution in [1.29, 1.82) is 0 Å². The van der Waals surface area contributed by atoms with E-state index in [0.717, 1.165) is 12.1 Å². The molecule has 0 unspecified atom stereocenters. The topological polar surface area (TPSA) is 30.0 Å². The van der Waals surface area contributed by atoms with Crippen LogP contribution >= 0.6 is 11.6 Å². The highest BCUT2D eigenvalue weighted by molar-refractivity contribution is 6.30. The number of carbonyl (C=O) groups excluding carboxylic acids is 1. The normalized spacial score (nSPS) is 10.3. The van der Waals surface area contributed by atoms with Crippen LogP contribution in [0.3, 0.4) is 0 Å². The Labute approximate surface area is 101 Å². The van der Waals surface area contributed by atoms with E-state index >= 15 is 0 Å². The molecule has 1 aromatic heterocycles. The van der Waals surface area contributed by atoms with Crippen molar-refractivity contribution in [3.63, 3.8) is 0 Å². The maximum absolute atomic E-state index is 13.4. The van der Waals surface area contributed by atoms with Gasteiger partial charge in [0.05, 0.1) is 10.6 Å². The number of pyridine rings is 1. The van der Waals surface area contributed by atoms with Gasteiger partial charge in [-0.1, -0.05) is 17.7 Å². The molecular weight excluding hydrogens is 248 g/mol. The van der Waals surface area contributed by atoms with E-state index in [-0.39, 0.29) is 5.69 Å². The Hall–Kier alpha value is -1.81. The van der Waals surface area contributed by atoms with Crippen LogP contribution in [0.5, 0.6) is 0 Å². The molecule has 0 atom stereocenters. The van der Waals surface area contributed by atoms with Gasteiger partial charge in [-0.25, -0.2) is 8.78 Å². The van der Waals surface area contributed by atoms with Gasteiger partial charge in [-0.15, -0.1) is 0 Å². The van der Waals surface area contributed by atoms with Gasteiger partial charge in [0.15, 0.2) is 0 Å². The molecule has 0 spiro atoms. The van der Waals surface area contributed by atoms with Crippen LogP contribution in [0.15, 0.2) is 36.5 Å². The zero-order valence-corrected chi connectivity index (χ0v) is 9.21. The first kappa shape index (κ1) is 11.7. The summed E-state index contributed by atoms with van der Waals surface area (Å²) in [7, 11) is 0. The van der Waals surface area contributed by atoms with Crippen LogP contribution in [0.25, 0.3) is 0 Å². The third-order valence-electron chi connectivity index (χ3n) is 2.15. The highest BCUT2D eigenvalue weighted by Gasteiger charge is 2.19. The average molecular weight is 254 g/mol. The monoisotopic (exact) mass is 253 g/mol. The smallest absolute Gasteiger partial charge is 0.217 e. The second-order valence-electron chi connectivity index (χ2n) is 3.29. The Kier molecular flexibility index (Phi) is 3.15. The molecule has 1 heterocycles. The standard InChI is InChI=1S/C12H6ClF2NO/c13-7-4-5-10(16-6-7)12(17)11-8(14)2-1-3-9(11)15/h1-6H. The number of nitrogens with zero attached hydrogens (tertiary/aromatic N) is 1. The van der Waals surface area contributed by atoms with Crippen LogP contribution in [-0.4, -0.2) is 10.8 Å². The number of ketones is 1. The summed E-state index contributed by atoms with van der Waals surface area (Å²) >= 11 is 5.60. The van der Waals surface area contributed by atoms with Crippen molar-refractivity contribution in [2.24, 2.45) is 0 Å². The van der Waals surface area contributed by atoms with E-state index in [1.807, 2.05) is 0 Å². The first-order valence-corrected chi connectivity index (χ1v) is 5.07. The van der Waals surface area contributed by atoms with Crippen LogP contribution in [0.4, 0.5) is 8.78 Å². The lowest BCUT2D eigenvalue weighted by Crippen LogP contribution is -2.09. The molecule has 2 nitrogen and oxygen atoms in total. The lowest BCUT2D eigenvalue weighted by atomic mass is 10.1. The van der Waals surface area contributed by atoms with Gasteiger partial charge >= 0.3 is 0 Å². The van der Waals surface area contributed by atoms with Gasteiger partial charge in [0, 0.05) is 6.20 Å². The van der Waals surface area contributed by atoms with Crippen molar-refractivity contribution in [3.05, 3.63) is 64.4 Å². The van der Waals surface area contributed by atoms with Gasteiger partial charge < -0.3 is 0 Å². The van der Waals surface area contributed by atoms with E-state index in [0.29, 0.717) is 5.02 Å². The van der Waals surface area contributed by atoms with Crippen molar-refractivity contribution in [2.45, 2.75) is 0 Å². The number of halogens is 3. The fourth-order valence-corrected chi connectivity index (χ4v) is 1.46. The number of rotatable bonds is 2. The van der Waals surface area contributed by atoms with Crippen molar-refractivity contribution in [3.8, 4) is 0 Å². The molecule has 0 N–H and O–H groups in total. The lowest BCUT2D eigenvalue weighted by molar-refractivity contribution is 0.102. The van der Waals surface area contributed by atoms with Gasteiger partial charge in [0.1, 0.15) is 17.3 Å². The molecule has 0 aliphatic heterocycles. The van der Waals surface area contributed by atoms with Gasteiger partial charge in [0.2, 0.25) is 5.78 Å². The minimum absolute atomic E-state index is 0.0570. The average Bonchev–Trinajstić information content (AvgIpc) is 2.29.